The van der Waals surface area contributed by atoms with Crippen LogP contribution >= 0.6 is 0 Å². The molecule has 0 radical (unpaired) electrons. The first-order valence-corrected chi connectivity index (χ1v) is 4.97. The van der Waals surface area contributed by atoms with Gasteiger partial charge in [0.15, 0.2) is 0 Å². The van der Waals surface area contributed by atoms with Crippen LogP contribution in [0.1, 0.15) is 33.1 Å². The second-order valence-corrected chi connectivity index (χ2v) is 4.02. The van der Waals surface area contributed by atoms with Gasteiger partial charge in [-0.25, -0.2) is 0 Å². The first-order chi connectivity index (χ1) is 5.78. The lowest BCUT2D eigenvalue weighted by Gasteiger charge is -2.13. The smallest absolute Gasteiger partial charge is 0.130 e. The van der Waals surface area contributed by atoms with E-state index in [1.807, 2.05) is 6.21 Å². The van der Waals surface area contributed by atoms with Crippen molar-refractivity contribution in [1.29, 1.82) is 0 Å². The molecular weight excluding hydrogens is 150 g/mol. The van der Waals surface area contributed by atoms with Gasteiger partial charge in [0.2, 0.25) is 0 Å². The molecule has 12 heavy (non-hydrogen) atoms. The molecule has 0 bridgehead atoms. The molecule has 0 N–H and O–H groups in total. The molecule has 1 saturated heterocycles. The summed E-state index contributed by atoms with van der Waals surface area (Å²) in [7, 11) is 0. The molecule has 0 unspecified atom stereocenters. The first-order valence-electron chi connectivity index (χ1n) is 4.97. The van der Waals surface area contributed by atoms with Crippen molar-refractivity contribution in [3.8, 4) is 0 Å². The zero-order chi connectivity index (χ0) is 8.60. The highest BCUT2D eigenvalue weighted by molar-refractivity contribution is 5.74. The van der Waals surface area contributed by atoms with Crippen molar-refractivity contribution in [3.63, 3.8) is 0 Å². The standard InChI is InChI=1S/C10H17NO/c1-3-8(2)9-10(12-9)5-4-6-11-7-10/h7-9H,3-6H2,1-2H3/t8-,9+,10-/m0/s1. The molecule has 1 spiro atoms. The molecule has 0 aromatic heterocycles. The van der Waals surface area contributed by atoms with Crippen molar-refractivity contribution < 1.29 is 4.74 Å². The lowest BCUT2D eigenvalue weighted by atomic mass is 9.90. The van der Waals surface area contributed by atoms with Gasteiger partial charge in [-0.1, -0.05) is 20.3 Å². The zero-order valence-electron chi connectivity index (χ0n) is 7.92. The molecule has 68 valence electrons. The average molecular weight is 167 g/mol. The Kier molecular flexibility index (Phi) is 1.95. The monoisotopic (exact) mass is 167 g/mol. The molecule has 2 aliphatic heterocycles. The van der Waals surface area contributed by atoms with E-state index in [2.05, 4.69) is 18.8 Å². The quantitative estimate of drug-likeness (QED) is 0.578. The summed E-state index contributed by atoms with van der Waals surface area (Å²) in [5.41, 5.74) is 0.0771. The summed E-state index contributed by atoms with van der Waals surface area (Å²) >= 11 is 0. The van der Waals surface area contributed by atoms with Gasteiger partial charge in [0.25, 0.3) is 0 Å². The predicted molar refractivity (Wildman–Crippen MR) is 49.7 cm³/mol. The summed E-state index contributed by atoms with van der Waals surface area (Å²) in [6.07, 6.45) is 6.11. The molecule has 0 saturated carbocycles. The Morgan fingerprint density at radius 3 is 3.17 bits per heavy atom. The van der Waals surface area contributed by atoms with Crippen LogP contribution in [0.25, 0.3) is 0 Å². The van der Waals surface area contributed by atoms with E-state index >= 15 is 0 Å². The van der Waals surface area contributed by atoms with Crippen molar-refractivity contribution in [1.82, 2.24) is 0 Å². The second kappa shape index (κ2) is 2.84. The van der Waals surface area contributed by atoms with Crippen LogP contribution in [0.4, 0.5) is 0 Å². The van der Waals surface area contributed by atoms with Crippen LogP contribution in [0.2, 0.25) is 0 Å². The minimum atomic E-state index is 0.0771. The average Bonchev–Trinajstić information content (AvgIpc) is 2.80. The van der Waals surface area contributed by atoms with Crippen LogP contribution in [0.3, 0.4) is 0 Å². The molecule has 1 fully saturated rings. The van der Waals surface area contributed by atoms with E-state index in [1.54, 1.807) is 0 Å². The van der Waals surface area contributed by atoms with Gasteiger partial charge in [-0.15, -0.1) is 0 Å². The Hall–Kier alpha value is -0.370. The maximum absolute atomic E-state index is 5.75. The Labute approximate surface area is 74.0 Å². The normalized spacial score (nSPS) is 41.7. The minimum absolute atomic E-state index is 0.0771. The fourth-order valence-corrected chi connectivity index (χ4v) is 2.05. The van der Waals surface area contributed by atoms with E-state index in [4.69, 9.17) is 4.74 Å². The van der Waals surface area contributed by atoms with Crippen molar-refractivity contribution in [2.75, 3.05) is 6.54 Å². The molecule has 2 nitrogen and oxygen atoms in total. The van der Waals surface area contributed by atoms with Crippen LogP contribution in [-0.4, -0.2) is 24.5 Å². The molecule has 2 heteroatoms. The highest BCUT2D eigenvalue weighted by Crippen LogP contribution is 2.45. The Balaban J connectivity index is 1.99. The van der Waals surface area contributed by atoms with Crippen molar-refractivity contribution >= 4 is 6.21 Å². The Morgan fingerprint density at radius 1 is 1.75 bits per heavy atom. The van der Waals surface area contributed by atoms with E-state index in [0.717, 1.165) is 6.54 Å². The number of nitrogens with zero attached hydrogens (tertiary/aromatic N) is 1. The third-order valence-corrected chi connectivity index (χ3v) is 3.10. The third-order valence-electron chi connectivity index (χ3n) is 3.10. The van der Waals surface area contributed by atoms with Gasteiger partial charge in [0.05, 0.1) is 6.10 Å². The fraction of sp³-hybridized carbons (Fsp3) is 0.900. The summed E-state index contributed by atoms with van der Waals surface area (Å²) in [5, 5.41) is 0. The van der Waals surface area contributed by atoms with E-state index in [9.17, 15) is 0 Å². The van der Waals surface area contributed by atoms with Gasteiger partial charge in [-0.2, -0.15) is 0 Å². The number of ether oxygens (including phenoxy) is 1. The van der Waals surface area contributed by atoms with Crippen LogP contribution in [0, 0.1) is 5.92 Å². The summed E-state index contributed by atoms with van der Waals surface area (Å²) in [4.78, 5) is 4.31. The Bertz CT molecular complexity index is 202. The fourth-order valence-electron chi connectivity index (χ4n) is 2.05. The molecule has 2 aliphatic rings. The maximum atomic E-state index is 5.75. The van der Waals surface area contributed by atoms with Crippen LogP contribution in [0.15, 0.2) is 4.99 Å². The molecular formula is C10H17NO. The SMILES string of the molecule is CC[C@H](C)[C@H]1O[C@@]12C=NCCC2. The van der Waals surface area contributed by atoms with Crippen LogP contribution < -0.4 is 0 Å². The number of hydrogen-bond acceptors (Lipinski definition) is 2. The summed E-state index contributed by atoms with van der Waals surface area (Å²) in [5.74, 6) is 0.689. The number of epoxide rings is 1. The van der Waals surface area contributed by atoms with Gasteiger partial charge in [-0.3, -0.25) is 4.99 Å². The van der Waals surface area contributed by atoms with E-state index in [-0.39, 0.29) is 5.60 Å². The lowest BCUT2D eigenvalue weighted by Crippen LogP contribution is -2.24. The molecule has 3 atom stereocenters. The molecule has 0 aliphatic carbocycles. The third kappa shape index (κ3) is 1.18. The molecule has 0 aromatic carbocycles. The summed E-state index contributed by atoms with van der Waals surface area (Å²) < 4.78 is 5.75. The van der Waals surface area contributed by atoms with Crippen molar-refractivity contribution in [2.45, 2.75) is 44.8 Å². The second-order valence-electron chi connectivity index (χ2n) is 4.02. The van der Waals surface area contributed by atoms with Gasteiger partial charge in [0.1, 0.15) is 5.60 Å². The van der Waals surface area contributed by atoms with Crippen LogP contribution in [-0.2, 0) is 4.74 Å². The predicted octanol–water partition coefficient (Wildman–Crippen LogP) is 2.03. The number of hydrogen-bond donors (Lipinski definition) is 0. The van der Waals surface area contributed by atoms with Gasteiger partial charge < -0.3 is 4.74 Å². The highest BCUT2D eigenvalue weighted by Gasteiger charge is 2.57. The zero-order valence-corrected chi connectivity index (χ0v) is 7.92. The van der Waals surface area contributed by atoms with Gasteiger partial charge in [-0.05, 0) is 18.8 Å². The first kappa shape index (κ1) is 8.24. The summed E-state index contributed by atoms with van der Waals surface area (Å²) in [6.45, 7) is 5.49. The number of rotatable bonds is 2. The summed E-state index contributed by atoms with van der Waals surface area (Å²) in [6, 6.07) is 0. The van der Waals surface area contributed by atoms with Crippen molar-refractivity contribution in [2.24, 2.45) is 10.9 Å². The molecule has 2 rings (SSSR count). The molecule has 0 aromatic rings. The van der Waals surface area contributed by atoms with E-state index in [0.29, 0.717) is 12.0 Å². The van der Waals surface area contributed by atoms with Gasteiger partial charge >= 0.3 is 0 Å². The van der Waals surface area contributed by atoms with E-state index in [1.165, 1.54) is 19.3 Å². The Morgan fingerprint density at radius 2 is 2.58 bits per heavy atom. The highest BCUT2D eigenvalue weighted by atomic mass is 16.6. The maximum Gasteiger partial charge on any atom is 0.130 e. The van der Waals surface area contributed by atoms with E-state index < -0.39 is 0 Å². The molecule has 0 amide bonds. The van der Waals surface area contributed by atoms with Gasteiger partial charge in [0, 0.05) is 12.8 Å². The lowest BCUT2D eigenvalue weighted by molar-refractivity contribution is 0.299. The topological polar surface area (TPSA) is 24.9 Å². The minimum Gasteiger partial charge on any atom is -0.360 e. The van der Waals surface area contributed by atoms with Crippen LogP contribution in [0.5, 0.6) is 0 Å². The largest absolute Gasteiger partial charge is 0.360 e. The molecule has 2 heterocycles. The number of aliphatic imine (C=N–C) groups is 1. The van der Waals surface area contributed by atoms with Crippen molar-refractivity contribution in [3.05, 3.63) is 0 Å².